The van der Waals surface area contributed by atoms with Crippen LogP contribution in [0.25, 0.3) is 43.8 Å². The molecule has 6 rings (SSSR count). The number of anilines is 1. The summed E-state index contributed by atoms with van der Waals surface area (Å²) in [6.45, 7) is 0. The maximum Gasteiger partial charge on any atom is 0.272 e. The molecule has 0 radical (unpaired) electrons. The molecule has 0 aliphatic heterocycles. The number of aromatic nitrogens is 4. The number of halogens is 3. The van der Waals surface area contributed by atoms with Gasteiger partial charge in [0.25, 0.3) is 5.56 Å². The molecule has 3 heterocycles. The normalized spacial score (nSPS) is 14.2. The first-order valence-electron chi connectivity index (χ1n) is 9.70. The summed E-state index contributed by atoms with van der Waals surface area (Å²) >= 11 is 0. The van der Waals surface area contributed by atoms with E-state index in [1.165, 1.54) is 6.20 Å². The van der Waals surface area contributed by atoms with E-state index in [1.807, 2.05) is 0 Å². The summed E-state index contributed by atoms with van der Waals surface area (Å²) in [7, 11) is 0. The van der Waals surface area contributed by atoms with Gasteiger partial charge in [0.1, 0.15) is 17.0 Å². The van der Waals surface area contributed by atoms with E-state index in [4.69, 9.17) is 5.73 Å². The van der Waals surface area contributed by atoms with Crippen molar-refractivity contribution in [2.75, 3.05) is 5.73 Å². The fourth-order valence-electron chi connectivity index (χ4n) is 4.37. The second kappa shape index (κ2) is 6.07. The molecule has 0 spiro atoms. The molecule has 2 aromatic carbocycles. The van der Waals surface area contributed by atoms with Crippen LogP contribution in [-0.4, -0.2) is 20.2 Å². The lowest BCUT2D eigenvalue weighted by molar-refractivity contribution is 0.515. The summed E-state index contributed by atoms with van der Waals surface area (Å²) in [5.74, 6) is -2.84. The van der Waals surface area contributed by atoms with Gasteiger partial charge in [0, 0.05) is 33.5 Å². The first kappa shape index (κ1) is 17.9. The van der Waals surface area contributed by atoms with Gasteiger partial charge in [-0.2, -0.15) is 5.10 Å². The lowest BCUT2D eigenvalue weighted by Gasteiger charge is -2.16. The van der Waals surface area contributed by atoms with Crippen molar-refractivity contribution in [3.05, 3.63) is 64.0 Å². The molecule has 0 amide bonds. The van der Waals surface area contributed by atoms with Gasteiger partial charge in [-0.25, -0.2) is 13.2 Å². The lowest BCUT2D eigenvalue weighted by Crippen LogP contribution is -2.15. The van der Waals surface area contributed by atoms with Gasteiger partial charge in [-0.05, 0) is 42.5 Å². The van der Waals surface area contributed by atoms with Crippen LogP contribution in [0.5, 0.6) is 0 Å². The molecular weight excluding hydrogens is 407 g/mol. The number of H-pyrrole nitrogens is 2. The van der Waals surface area contributed by atoms with Crippen molar-refractivity contribution in [1.29, 1.82) is 0 Å². The minimum absolute atomic E-state index is 0.00157. The third-order valence-electron chi connectivity index (χ3n) is 5.93. The Labute approximate surface area is 171 Å². The highest BCUT2D eigenvalue weighted by Gasteiger charge is 2.33. The Kier molecular flexibility index (Phi) is 3.51. The molecule has 1 aliphatic rings. The Bertz CT molecular complexity index is 1620. The predicted octanol–water partition coefficient (Wildman–Crippen LogP) is 4.50. The molecule has 0 unspecified atom stereocenters. The number of fused-ring (bicyclic) bond motifs is 4. The van der Waals surface area contributed by atoms with Crippen molar-refractivity contribution >= 4 is 38.4 Å². The van der Waals surface area contributed by atoms with Gasteiger partial charge in [-0.1, -0.05) is 0 Å². The van der Waals surface area contributed by atoms with E-state index in [-0.39, 0.29) is 44.5 Å². The van der Waals surface area contributed by atoms with E-state index in [0.717, 1.165) is 18.9 Å². The monoisotopic (exact) mass is 421 g/mol. The zero-order chi connectivity index (χ0) is 21.4. The molecule has 1 saturated carbocycles. The molecule has 4 N–H and O–H groups in total. The number of hydrogen-bond donors (Lipinski definition) is 3. The summed E-state index contributed by atoms with van der Waals surface area (Å²) in [5.41, 5.74) is 6.20. The Morgan fingerprint density at radius 2 is 1.90 bits per heavy atom. The molecule has 154 valence electrons. The molecular formula is C22H14F3N5O. The average molecular weight is 421 g/mol. The Balaban J connectivity index is 1.88. The topological polar surface area (TPSA) is 100 Å². The largest absolute Gasteiger partial charge is 0.394 e. The maximum atomic E-state index is 16.0. The van der Waals surface area contributed by atoms with E-state index in [2.05, 4.69) is 20.2 Å². The van der Waals surface area contributed by atoms with Crippen LogP contribution in [0.2, 0.25) is 0 Å². The minimum Gasteiger partial charge on any atom is -0.394 e. The number of hydrogen-bond acceptors (Lipinski definition) is 4. The van der Waals surface area contributed by atoms with Crippen LogP contribution in [0.1, 0.15) is 24.3 Å². The molecule has 5 aromatic rings. The van der Waals surface area contributed by atoms with Gasteiger partial charge in [-0.15, -0.1) is 0 Å². The lowest BCUT2D eigenvalue weighted by atomic mass is 9.92. The van der Waals surface area contributed by atoms with Gasteiger partial charge in [0.05, 0.1) is 17.2 Å². The predicted molar refractivity (Wildman–Crippen MR) is 111 cm³/mol. The van der Waals surface area contributed by atoms with Crippen LogP contribution in [0.3, 0.4) is 0 Å². The zero-order valence-corrected chi connectivity index (χ0v) is 15.9. The summed E-state index contributed by atoms with van der Waals surface area (Å²) in [5, 5.41) is 7.00. The molecule has 0 saturated heterocycles. The highest BCUT2D eigenvalue weighted by molar-refractivity contribution is 6.15. The molecule has 0 atom stereocenters. The zero-order valence-electron chi connectivity index (χ0n) is 15.9. The number of benzene rings is 2. The maximum absolute atomic E-state index is 16.0. The standard InChI is InChI=1S/C22H14F3N5O/c23-12-6-10(11-7-28-30-21(11)16(12)24)14-15-17(25)13(8-3-4-8)19-9(2-1-5-27-19)20(15)29-22(31)18(14)26/h1-2,5-8H,3-4,26H2,(H,28,30)(H,29,31). The van der Waals surface area contributed by atoms with Gasteiger partial charge in [0.15, 0.2) is 11.6 Å². The Morgan fingerprint density at radius 3 is 2.68 bits per heavy atom. The van der Waals surface area contributed by atoms with Crippen molar-refractivity contribution < 1.29 is 13.2 Å². The van der Waals surface area contributed by atoms with Crippen LogP contribution in [0.15, 0.2) is 35.4 Å². The van der Waals surface area contributed by atoms with Crippen molar-refractivity contribution in [1.82, 2.24) is 20.2 Å². The molecule has 0 bridgehead atoms. The van der Waals surface area contributed by atoms with Crippen LogP contribution < -0.4 is 11.3 Å². The summed E-state index contributed by atoms with van der Waals surface area (Å²) in [6.07, 6.45) is 4.50. The van der Waals surface area contributed by atoms with E-state index < -0.39 is 23.0 Å². The van der Waals surface area contributed by atoms with E-state index in [1.54, 1.807) is 18.3 Å². The second-order valence-corrected chi connectivity index (χ2v) is 7.77. The summed E-state index contributed by atoms with van der Waals surface area (Å²) in [4.78, 5) is 19.7. The van der Waals surface area contributed by atoms with Crippen molar-refractivity contribution in [2.45, 2.75) is 18.8 Å². The number of rotatable bonds is 2. The van der Waals surface area contributed by atoms with Crippen LogP contribution >= 0.6 is 0 Å². The fraction of sp³-hybridized carbons (Fsp3) is 0.136. The number of pyridine rings is 2. The van der Waals surface area contributed by atoms with Crippen molar-refractivity contribution in [2.24, 2.45) is 0 Å². The number of nitrogens with two attached hydrogens (primary N) is 1. The van der Waals surface area contributed by atoms with E-state index >= 15 is 4.39 Å². The number of nitrogens with zero attached hydrogens (tertiary/aromatic N) is 2. The minimum atomic E-state index is -1.16. The Morgan fingerprint density at radius 1 is 1.10 bits per heavy atom. The van der Waals surface area contributed by atoms with Gasteiger partial charge in [-0.3, -0.25) is 14.9 Å². The van der Waals surface area contributed by atoms with Gasteiger partial charge >= 0.3 is 0 Å². The molecule has 3 aromatic heterocycles. The number of nitrogens with one attached hydrogen (secondary N) is 2. The number of nitrogen functional groups attached to an aromatic ring is 1. The third kappa shape index (κ3) is 2.37. The van der Waals surface area contributed by atoms with Crippen LogP contribution in [0.4, 0.5) is 18.9 Å². The molecule has 6 nitrogen and oxygen atoms in total. The first-order chi connectivity index (χ1) is 15.0. The average Bonchev–Trinajstić information content (AvgIpc) is 3.47. The van der Waals surface area contributed by atoms with E-state index in [9.17, 15) is 13.6 Å². The fourth-order valence-corrected chi connectivity index (χ4v) is 4.37. The summed E-state index contributed by atoms with van der Waals surface area (Å²) < 4.78 is 44.7. The molecule has 1 fully saturated rings. The molecule has 9 heteroatoms. The quantitative estimate of drug-likeness (QED) is 0.366. The summed E-state index contributed by atoms with van der Waals surface area (Å²) in [6, 6.07) is 4.35. The smallest absolute Gasteiger partial charge is 0.272 e. The Hall–Kier alpha value is -3.88. The SMILES string of the molecule is Nc1c(-c2cc(F)c(F)c3[nH]ncc23)c2c(F)c(C3CC3)c3ncccc3c2[nH]c1=O. The molecule has 31 heavy (non-hydrogen) atoms. The van der Waals surface area contributed by atoms with E-state index in [0.29, 0.717) is 16.5 Å². The molecule has 1 aliphatic carbocycles. The second-order valence-electron chi connectivity index (χ2n) is 7.77. The first-order valence-corrected chi connectivity index (χ1v) is 9.70. The van der Waals surface area contributed by atoms with Crippen LogP contribution in [0, 0.1) is 17.5 Å². The van der Waals surface area contributed by atoms with Crippen molar-refractivity contribution in [3.63, 3.8) is 0 Å². The van der Waals surface area contributed by atoms with Gasteiger partial charge in [0.2, 0.25) is 0 Å². The van der Waals surface area contributed by atoms with Gasteiger partial charge < -0.3 is 10.7 Å². The van der Waals surface area contributed by atoms with Crippen molar-refractivity contribution in [3.8, 4) is 11.1 Å². The third-order valence-corrected chi connectivity index (χ3v) is 5.93. The highest BCUT2D eigenvalue weighted by Crippen LogP contribution is 2.48. The van der Waals surface area contributed by atoms with Crippen LogP contribution in [-0.2, 0) is 0 Å². The highest BCUT2D eigenvalue weighted by atomic mass is 19.2. The number of aromatic amines is 2.